The minimum atomic E-state index is -1.04. The van der Waals surface area contributed by atoms with Crippen LogP contribution >= 0.6 is 24.0 Å². The number of phenols is 2. The molecule has 0 saturated heterocycles. The zero-order valence-corrected chi connectivity index (χ0v) is 14.4. The van der Waals surface area contributed by atoms with Gasteiger partial charge in [0.15, 0.2) is 11.5 Å². The number of aliphatic carboxylic acids is 1. The third-order valence-corrected chi connectivity index (χ3v) is 3.22. The summed E-state index contributed by atoms with van der Waals surface area (Å²) in [7, 11) is 0. The van der Waals surface area contributed by atoms with Crippen molar-refractivity contribution in [3.63, 3.8) is 0 Å². The number of carbonyl (C=O) groups is 1. The number of aromatic hydroxyl groups is 2. The SMILES string of the molecule is CC(C)c1nc(=O)n(CCC(=O)O)c2ccc(O)c(O)c12.I. The molecule has 0 bridgehead atoms. The number of rotatable bonds is 4. The van der Waals surface area contributed by atoms with E-state index in [2.05, 4.69) is 4.98 Å². The highest BCUT2D eigenvalue weighted by molar-refractivity contribution is 14.0. The molecule has 0 fully saturated rings. The van der Waals surface area contributed by atoms with Crippen molar-refractivity contribution < 1.29 is 20.1 Å². The van der Waals surface area contributed by atoms with E-state index in [0.717, 1.165) is 0 Å². The summed E-state index contributed by atoms with van der Waals surface area (Å²) in [6.45, 7) is 3.57. The molecule has 1 aromatic heterocycles. The van der Waals surface area contributed by atoms with E-state index in [4.69, 9.17) is 5.11 Å². The molecule has 0 unspecified atom stereocenters. The summed E-state index contributed by atoms with van der Waals surface area (Å²) >= 11 is 0. The Labute approximate surface area is 143 Å². The zero-order chi connectivity index (χ0) is 15.7. The summed E-state index contributed by atoms with van der Waals surface area (Å²) in [6, 6.07) is 2.74. The van der Waals surface area contributed by atoms with Crippen LogP contribution in [0.15, 0.2) is 16.9 Å². The summed E-state index contributed by atoms with van der Waals surface area (Å²) in [5.74, 6) is -1.84. The minimum absolute atomic E-state index is 0. The average molecular weight is 420 g/mol. The van der Waals surface area contributed by atoms with Crippen molar-refractivity contribution in [3.8, 4) is 11.5 Å². The van der Waals surface area contributed by atoms with Crippen molar-refractivity contribution >= 4 is 40.8 Å². The van der Waals surface area contributed by atoms with E-state index in [-0.39, 0.29) is 59.7 Å². The Morgan fingerprint density at radius 1 is 1.32 bits per heavy atom. The van der Waals surface area contributed by atoms with Gasteiger partial charge in [0, 0.05) is 6.54 Å². The topological polar surface area (TPSA) is 113 Å². The lowest BCUT2D eigenvalue weighted by Gasteiger charge is -2.15. The number of benzene rings is 1. The van der Waals surface area contributed by atoms with Crippen molar-refractivity contribution in [2.45, 2.75) is 32.7 Å². The van der Waals surface area contributed by atoms with Crippen LogP contribution in [0.2, 0.25) is 0 Å². The third kappa shape index (κ3) is 3.32. The molecule has 0 radical (unpaired) electrons. The molecular formula is C14H17IN2O5. The van der Waals surface area contributed by atoms with E-state index < -0.39 is 11.7 Å². The molecule has 0 aliphatic heterocycles. The highest BCUT2D eigenvalue weighted by Gasteiger charge is 2.18. The lowest BCUT2D eigenvalue weighted by atomic mass is 10.0. The van der Waals surface area contributed by atoms with Gasteiger partial charge < -0.3 is 15.3 Å². The van der Waals surface area contributed by atoms with E-state index in [0.29, 0.717) is 11.2 Å². The molecule has 0 saturated carbocycles. The first-order chi connectivity index (χ1) is 9.82. The highest BCUT2D eigenvalue weighted by Crippen LogP contribution is 2.36. The van der Waals surface area contributed by atoms with Crippen LogP contribution in [0.5, 0.6) is 11.5 Å². The second-order valence-corrected chi connectivity index (χ2v) is 5.06. The Balaban J connectivity index is 0.00000242. The van der Waals surface area contributed by atoms with E-state index in [1.807, 2.05) is 13.8 Å². The van der Waals surface area contributed by atoms with Gasteiger partial charge in [0.25, 0.3) is 0 Å². The second-order valence-electron chi connectivity index (χ2n) is 5.06. The van der Waals surface area contributed by atoms with Crippen molar-refractivity contribution in [2.24, 2.45) is 0 Å². The number of halogens is 1. The molecule has 1 aromatic carbocycles. The van der Waals surface area contributed by atoms with Gasteiger partial charge in [0.2, 0.25) is 0 Å². The van der Waals surface area contributed by atoms with Gasteiger partial charge in [-0.25, -0.2) is 4.79 Å². The molecule has 0 aliphatic carbocycles. The largest absolute Gasteiger partial charge is 0.504 e. The number of aromatic nitrogens is 2. The Hall–Kier alpha value is -1.84. The molecule has 0 spiro atoms. The first kappa shape index (κ1) is 18.2. The molecule has 120 valence electrons. The molecule has 0 atom stereocenters. The lowest BCUT2D eigenvalue weighted by molar-refractivity contribution is -0.137. The molecule has 0 amide bonds. The summed E-state index contributed by atoms with van der Waals surface area (Å²) in [6.07, 6.45) is -0.237. The fourth-order valence-electron chi connectivity index (χ4n) is 2.21. The molecular weight excluding hydrogens is 403 g/mol. The summed E-state index contributed by atoms with van der Waals surface area (Å²) in [5, 5.41) is 28.7. The Morgan fingerprint density at radius 2 is 1.95 bits per heavy atom. The Bertz CT molecular complexity index is 770. The predicted octanol–water partition coefficient (Wildman–Crippen LogP) is 2.02. The van der Waals surface area contributed by atoms with Crippen molar-refractivity contribution in [3.05, 3.63) is 28.3 Å². The molecule has 8 heteroatoms. The molecule has 3 N–H and O–H groups in total. The minimum Gasteiger partial charge on any atom is -0.504 e. The smallest absolute Gasteiger partial charge is 0.348 e. The number of aryl methyl sites for hydroxylation is 1. The third-order valence-electron chi connectivity index (χ3n) is 3.22. The van der Waals surface area contributed by atoms with Crippen LogP contribution in [-0.2, 0) is 11.3 Å². The maximum absolute atomic E-state index is 12.1. The van der Waals surface area contributed by atoms with Crippen LogP contribution in [0, 0.1) is 0 Å². The molecule has 22 heavy (non-hydrogen) atoms. The average Bonchev–Trinajstić information content (AvgIpc) is 2.40. The van der Waals surface area contributed by atoms with Crippen molar-refractivity contribution in [1.82, 2.24) is 9.55 Å². The van der Waals surface area contributed by atoms with Gasteiger partial charge in [0.1, 0.15) is 0 Å². The van der Waals surface area contributed by atoms with Crippen molar-refractivity contribution in [2.75, 3.05) is 0 Å². The molecule has 7 nitrogen and oxygen atoms in total. The van der Waals surface area contributed by atoms with Gasteiger partial charge in [-0.2, -0.15) is 4.98 Å². The number of hydrogen-bond acceptors (Lipinski definition) is 5. The summed E-state index contributed by atoms with van der Waals surface area (Å²) < 4.78 is 1.19. The fourth-order valence-corrected chi connectivity index (χ4v) is 2.21. The van der Waals surface area contributed by atoms with Gasteiger partial charge in [-0.3, -0.25) is 9.36 Å². The van der Waals surface area contributed by atoms with Gasteiger partial charge in [-0.1, -0.05) is 13.8 Å². The van der Waals surface area contributed by atoms with Crippen LogP contribution in [-0.4, -0.2) is 30.8 Å². The number of carboxylic acids is 1. The molecule has 2 rings (SSSR count). The molecule has 0 aliphatic rings. The Kier molecular flexibility index (Phi) is 5.75. The van der Waals surface area contributed by atoms with Crippen molar-refractivity contribution in [1.29, 1.82) is 0 Å². The highest BCUT2D eigenvalue weighted by atomic mass is 127. The standard InChI is InChI=1S/C14H16N2O5.HI/c1-7(2)12-11-8(3-4-9(17)13(11)20)16(14(21)15-12)6-5-10(18)19;/h3-4,7,17,20H,5-6H2,1-2H3,(H,18,19);1H. The summed E-state index contributed by atoms with van der Waals surface area (Å²) in [4.78, 5) is 26.7. The number of fused-ring (bicyclic) bond motifs is 1. The van der Waals surface area contributed by atoms with Gasteiger partial charge in [-0.05, 0) is 18.1 Å². The quantitative estimate of drug-likeness (QED) is 0.516. The van der Waals surface area contributed by atoms with E-state index in [9.17, 15) is 19.8 Å². The maximum Gasteiger partial charge on any atom is 0.348 e. The number of carboxylic acid groups (broad SMARTS) is 1. The number of phenolic OH excluding ortho intramolecular Hbond substituents is 2. The Morgan fingerprint density at radius 3 is 2.50 bits per heavy atom. The predicted molar refractivity (Wildman–Crippen MR) is 91.1 cm³/mol. The van der Waals surface area contributed by atoms with Crippen LogP contribution < -0.4 is 5.69 Å². The molecule has 2 aromatic rings. The zero-order valence-electron chi connectivity index (χ0n) is 12.1. The normalized spacial score (nSPS) is 10.7. The van der Waals surface area contributed by atoms with E-state index in [1.54, 1.807) is 0 Å². The first-order valence-electron chi connectivity index (χ1n) is 6.50. The van der Waals surface area contributed by atoms with E-state index in [1.165, 1.54) is 16.7 Å². The van der Waals surface area contributed by atoms with Gasteiger partial charge in [-0.15, -0.1) is 24.0 Å². The van der Waals surface area contributed by atoms with E-state index >= 15 is 0 Å². The number of hydrogen-bond donors (Lipinski definition) is 3. The van der Waals surface area contributed by atoms with Gasteiger partial charge in [0.05, 0.1) is 23.0 Å². The summed E-state index contributed by atoms with van der Waals surface area (Å²) in [5.41, 5.74) is 0.155. The van der Waals surface area contributed by atoms with Crippen LogP contribution in [0.25, 0.3) is 10.9 Å². The lowest BCUT2D eigenvalue weighted by Crippen LogP contribution is -2.26. The monoisotopic (exact) mass is 420 g/mol. The van der Waals surface area contributed by atoms with Crippen LogP contribution in [0.1, 0.15) is 31.9 Å². The second kappa shape index (κ2) is 6.95. The molecule has 1 heterocycles. The van der Waals surface area contributed by atoms with Gasteiger partial charge >= 0.3 is 11.7 Å². The fraction of sp³-hybridized carbons (Fsp3) is 0.357. The maximum atomic E-state index is 12.1. The first-order valence-corrected chi connectivity index (χ1v) is 6.50. The number of nitrogens with zero attached hydrogens (tertiary/aromatic N) is 2. The van der Waals surface area contributed by atoms with Crippen LogP contribution in [0.3, 0.4) is 0 Å². The van der Waals surface area contributed by atoms with Crippen LogP contribution in [0.4, 0.5) is 0 Å².